The molecule has 0 aliphatic rings. The van der Waals surface area contributed by atoms with Gasteiger partial charge < -0.3 is 5.32 Å². The maximum absolute atomic E-state index is 13.4. The number of nitrogens with zero attached hydrogens (tertiary/aromatic N) is 1. The van der Waals surface area contributed by atoms with E-state index >= 15 is 0 Å². The predicted octanol–water partition coefficient (Wildman–Crippen LogP) is 4.23. The van der Waals surface area contributed by atoms with Gasteiger partial charge in [0.05, 0.1) is 16.4 Å². The SMILES string of the molecule is N#Cc1c(F)cccc1Nc1ccc(F)cc1Cl. The third-order valence-corrected chi connectivity index (χ3v) is 2.64. The zero-order chi connectivity index (χ0) is 13.1. The van der Waals surface area contributed by atoms with Gasteiger partial charge in [0.2, 0.25) is 0 Å². The molecule has 2 nitrogen and oxygen atoms in total. The molecule has 1 N–H and O–H groups in total. The van der Waals surface area contributed by atoms with Crippen molar-refractivity contribution in [2.75, 3.05) is 5.32 Å². The van der Waals surface area contributed by atoms with Gasteiger partial charge in [-0.05, 0) is 30.3 Å². The first kappa shape index (κ1) is 12.3. The van der Waals surface area contributed by atoms with Crippen molar-refractivity contribution in [2.45, 2.75) is 0 Å². The van der Waals surface area contributed by atoms with Gasteiger partial charge in [0.15, 0.2) is 0 Å². The molecule has 2 aromatic carbocycles. The van der Waals surface area contributed by atoms with E-state index < -0.39 is 11.6 Å². The smallest absolute Gasteiger partial charge is 0.143 e. The predicted molar refractivity (Wildman–Crippen MR) is 65.8 cm³/mol. The van der Waals surface area contributed by atoms with E-state index in [2.05, 4.69) is 5.32 Å². The summed E-state index contributed by atoms with van der Waals surface area (Å²) in [6.07, 6.45) is 0. The van der Waals surface area contributed by atoms with Gasteiger partial charge in [-0.3, -0.25) is 0 Å². The molecule has 0 spiro atoms. The standard InChI is InChI=1S/C13H7ClF2N2/c14-10-6-8(15)4-5-13(10)18-12-3-1-2-11(16)9(12)7-17/h1-6,18H. The summed E-state index contributed by atoms with van der Waals surface area (Å²) >= 11 is 5.84. The molecule has 2 aromatic rings. The molecule has 0 amide bonds. The van der Waals surface area contributed by atoms with E-state index in [9.17, 15) is 8.78 Å². The van der Waals surface area contributed by atoms with Crippen LogP contribution in [0.1, 0.15) is 5.56 Å². The second kappa shape index (κ2) is 5.03. The summed E-state index contributed by atoms with van der Waals surface area (Å²) in [7, 11) is 0. The van der Waals surface area contributed by atoms with Gasteiger partial charge in [-0.2, -0.15) is 5.26 Å². The second-order valence-electron chi connectivity index (χ2n) is 3.52. The van der Waals surface area contributed by atoms with Gasteiger partial charge in [-0.1, -0.05) is 17.7 Å². The van der Waals surface area contributed by atoms with Crippen LogP contribution >= 0.6 is 11.6 Å². The molecular weight excluding hydrogens is 258 g/mol. The molecular formula is C13H7ClF2N2. The van der Waals surface area contributed by atoms with Crippen LogP contribution in [0, 0.1) is 23.0 Å². The van der Waals surface area contributed by atoms with Crippen LogP contribution in [0.4, 0.5) is 20.2 Å². The normalized spacial score (nSPS) is 9.89. The van der Waals surface area contributed by atoms with Crippen molar-refractivity contribution >= 4 is 23.0 Å². The summed E-state index contributed by atoms with van der Waals surface area (Å²) in [4.78, 5) is 0. The third-order valence-electron chi connectivity index (χ3n) is 2.33. The number of hydrogen-bond donors (Lipinski definition) is 1. The van der Waals surface area contributed by atoms with Crippen molar-refractivity contribution < 1.29 is 8.78 Å². The summed E-state index contributed by atoms with van der Waals surface area (Å²) in [5.74, 6) is -1.09. The summed E-state index contributed by atoms with van der Waals surface area (Å²) in [5.41, 5.74) is 0.573. The van der Waals surface area contributed by atoms with E-state index in [0.717, 1.165) is 6.07 Å². The average molecular weight is 265 g/mol. The lowest BCUT2D eigenvalue weighted by atomic mass is 10.1. The molecule has 0 fully saturated rings. The Morgan fingerprint density at radius 3 is 2.56 bits per heavy atom. The Morgan fingerprint density at radius 1 is 1.11 bits per heavy atom. The van der Waals surface area contributed by atoms with Gasteiger partial charge in [0.1, 0.15) is 23.3 Å². The molecule has 18 heavy (non-hydrogen) atoms. The first-order valence-electron chi connectivity index (χ1n) is 5.02. The van der Waals surface area contributed by atoms with Crippen LogP contribution in [-0.4, -0.2) is 0 Å². The largest absolute Gasteiger partial charge is 0.353 e. The van der Waals surface area contributed by atoms with E-state index in [1.54, 1.807) is 12.1 Å². The Hall–Kier alpha value is -2.12. The molecule has 5 heteroatoms. The lowest BCUT2D eigenvalue weighted by Crippen LogP contribution is -1.96. The van der Waals surface area contributed by atoms with Gasteiger partial charge in [-0.25, -0.2) is 8.78 Å². The van der Waals surface area contributed by atoms with E-state index in [1.165, 1.54) is 24.3 Å². The Kier molecular flexibility index (Phi) is 3.45. The Morgan fingerprint density at radius 2 is 1.89 bits per heavy atom. The zero-order valence-electron chi connectivity index (χ0n) is 9.05. The number of anilines is 2. The van der Waals surface area contributed by atoms with Crippen molar-refractivity contribution in [2.24, 2.45) is 0 Å². The van der Waals surface area contributed by atoms with E-state index in [4.69, 9.17) is 16.9 Å². The minimum Gasteiger partial charge on any atom is -0.353 e. The van der Waals surface area contributed by atoms with Gasteiger partial charge in [-0.15, -0.1) is 0 Å². The minimum absolute atomic E-state index is 0.113. The number of nitriles is 1. The summed E-state index contributed by atoms with van der Waals surface area (Å²) < 4.78 is 26.2. The number of benzene rings is 2. The van der Waals surface area contributed by atoms with Crippen LogP contribution in [0.3, 0.4) is 0 Å². The van der Waals surface area contributed by atoms with Gasteiger partial charge in [0.25, 0.3) is 0 Å². The average Bonchev–Trinajstić information content (AvgIpc) is 2.33. The molecule has 0 unspecified atom stereocenters. The number of halogens is 3. The molecule has 0 radical (unpaired) electrons. The topological polar surface area (TPSA) is 35.8 Å². The van der Waals surface area contributed by atoms with Crippen LogP contribution in [0.25, 0.3) is 0 Å². The third kappa shape index (κ3) is 2.41. The van der Waals surface area contributed by atoms with Gasteiger partial charge in [0, 0.05) is 0 Å². The summed E-state index contributed by atoms with van der Waals surface area (Å²) in [6.45, 7) is 0. The molecule has 2 rings (SSSR count). The quantitative estimate of drug-likeness (QED) is 0.881. The van der Waals surface area contributed by atoms with Crippen LogP contribution in [0.5, 0.6) is 0 Å². The van der Waals surface area contributed by atoms with Crippen molar-refractivity contribution in [3.8, 4) is 6.07 Å². The first-order valence-corrected chi connectivity index (χ1v) is 5.40. The second-order valence-corrected chi connectivity index (χ2v) is 3.93. The van der Waals surface area contributed by atoms with Gasteiger partial charge >= 0.3 is 0 Å². The maximum Gasteiger partial charge on any atom is 0.143 e. The molecule has 0 bridgehead atoms. The van der Waals surface area contributed by atoms with E-state index in [-0.39, 0.29) is 16.3 Å². The number of rotatable bonds is 2. The molecule has 0 aromatic heterocycles. The Labute approximate surface area is 107 Å². The van der Waals surface area contributed by atoms with Crippen LogP contribution < -0.4 is 5.32 Å². The zero-order valence-corrected chi connectivity index (χ0v) is 9.80. The highest BCUT2D eigenvalue weighted by Crippen LogP contribution is 2.28. The molecule has 90 valence electrons. The van der Waals surface area contributed by atoms with Crippen molar-refractivity contribution in [1.82, 2.24) is 0 Å². The highest BCUT2D eigenvalue weighted by molar-refractivity contribution is 6.33. The molecule has 0 aliphatic heterocycles. The fourth-order valence-corrected chi connectivity index (χ4v) is 1.69. The monoisotopic (exact) mass is 264 g/mol. The molecule has 0 saturated heterocycles. The lowest BCUT2D eigenvalue weighted by molar-refractivity contribution is 0.624. The Bertz CT molecular complexity index is 635. The molecule has 0 atom stereocenters. The van der Waals surface area contributed by atoms with Crippen molar-refractivity contribution in [1.29, 1.82) is 5.26 Å². The molecule has 0 heterocycles. The number of hydrogen-bond acceptors (Lipinski definition) is 2. The molecule has 0 saturated carbocycles. The van der Waals surface area contributed by atoms with Crippen LogP contribution in [-0.2, 0) is 0 Å². The summed E-state index contributed by atoms with van der Waals surface area (Å²) in [6, 6.07) is 9.74. The minimum atomic E-state index is -0.624. The van der Waals surface area contributed by atoms with E-state index in [1.807, 2.05) is 0 Å². The highest BCUT2D eigenvalue weighted by Gasteiger charge is 2.09. The Balaban J connectivity index is 2.41. The maximum atomic E-state index is 13.4. The van der Waals surface area contributed by atoms with Crippen molar-refractivity contribution in [3.05, 3.63) is 58.6 Å². The molecule has 0 aliphatic carbocycles. The first-order chi connectivity index (χ1) is 8.61. The fourth-order valence-electron chi connectivity index (χ4n) is 1.48. The van der Waals surface area contributed by atoms with Crippen LogP contribution in [0.15, 0.2) is 36.4 Å². The number of nitrogens with one attached hydrogen (secondary N) is 1. The van der Waals surface area contributed by atoms with Crippen LogP contribution in [0.2, 0.25) is 5.02 Å². The highest BCUT2D eigenvalue weighted by atomic mass is 35.5. The summed E-state index contributed by atoms with van der Waals surface area (Å²) in [5, 5.41) is 11.8. The fraction of sp³-hybridized carbons (Fsp3) is 0. The van der Waals surface area contributed by atoms with Crippen molar-refractivity contribution in [3.63, 3.8) is 0 Å². The lowest BCUT2D eigenvalue weighted by Gasteiger charge is -2.10. The van der Waals surface area contributed by atoms with E-state index in [0.29, 0.717) is 5.69 Å².